The van der Waals surface area contributed by atoms with Gasteiger partial charge in [0.1, 0.15) is 12.4 Å². The summed E-state index contributed by atoms with van der Waals surface area (Å²) in [5.41, 5.74) is -0.00650. The molecule has 20 heavy (non-hydrogen) atoms. The number of anilines is 1. The second kappa shape index (κ2) is 6.65. The number of amides is 2. The summed E-state index contributed by atoms with van der Waals surface area (Å²) in [6.07, 6.45) is 0. The average molecular weight is 282 g/mol. The number of nitrogens with one attached hydrogen (secondary N) is 1. The Morgan fingerprint density at radius 2 is 2.00 bits per heavy atom. The van der Waals surface area contributed by atoms with Crippen LogP contribution in [0, 0.1) is 5.82 Å². The molecular weight excluding hydrogens is 267 g/mol. The predicted molar refractivity (Wildman–Crippen MR) is 69.9 cm³/mol. The van der Waals surface area contributed by atoms with Crippen molar-refractivity contribution < 1.29 is 23.9 Å². The van der Waals surface area contributed by atoms with E-state index in [1.807, 2.05) is 0 Å². The molecule has 0 atom stereocenters. The zero-order valence-corrected chi connectivity index (χ0v) is 11.1. The zero-order valence-electron chi connectivity index (χ0n) is 11.1. The van der Waals surface area contributed by atoms with E-state index in [1.54, 1.807) is 6.92 Å². The Balaban J connectivity index is 3.03. The highest BCUT2D eigenvalue weighted by molar-refractivity contribution is 5.98. The fraction of sp³-hybridized carbons (Fsp3) is 0.308. The van der Waals surface area contributed by atoms with Gasteiger partial charge in [0, 0.05) is 19.0 Å². The second-order valence-electron chi connectivity index (χ2n) is 4.09. The molecule has 1 aromatic rings. The number of hydrogen-bond donors (Lipinski definition) is 2. The van der Waals surface area contributed by atoms with E-state index >= 15 is 0 Å². The first-order chi connectivity index (χ1) is 9.35. The molecule has 0 aromatic heterocycles. The van der Waals surface area contributed by atoms with Crippen LogP contribution in [0.3, 0.4) is 0 Å². The molecule has 0 heterocycles. The molecule has 2 amide bonds. The van der Waals surface area contributed by atoms with Crippen LogP contribution in [0.25, 0.3) is 0 Å². The van der Waals surface area contributed by atoms with E-state index in [-0.39, 0.29) is 17.8 Å². The van der Waals surface area contributed by atoms with E-state index in [4.69, 9.17) is 5.11 Å². The Hall–Kier alpha value is -2.44. The van der Waals surface area contributed by atoms with Crippen molar-refractivity contribution in [3.05, 3.63) is 29.6 Å². The molecule has 0 unspecified atom stereocenters. The first-order valence-electron chi connectivity index (χ1n) is 5.93. The molecule has 0 saturated carbocycles. The molecule has 0 aliphatic heterocycles. The minimum atomic E-state index is -1.13. The van der Waals surface area contributed by atoms with Crippen LogP contribution in [0.5, 0.6) is 0 Å². The van der Waals surface area contributed by atoms with Gasteiger partial charge in [0.15, 0.2) is 0 Å². The maximum absolute atomic E-state index is 13.5. The standard InChI is InChI=1S/C13H15FN2O4/c1-3-16(7-12(18)19)13(20)9-4-5-10(14)11(6-9)15-8(2)17/h4-6H,3,7H2,1-2H3,(H,15,17)(H,18,19). The molecule has 108 valence electrons. The van der Waals surface area contributed by atoms with E-state index in [2.05, 4.69) is 5.32 Å². The van der Waals surface area contributed by atoms with Gasteiger partial charge in [-0.25, -0.2) is 4.39 Å². The Morgan fingerprint density at radius 1 is 1.35 bits per heavy atom. The van der Waals surface area contributed by atoms with Gasteiger partial charge >= 0.3 is 5.97 Å². The Kier molecular flexibility index (Phi) is 5.19. The van der Waals surface area contributed by atoms with Gasteiger partial charge in [0.05, 0.1) is 5.69 Å². The fourth-order valence-corrected chi connectivity index (χ4v) is 1.62. The molecule has 0 saturated heterocycles. The summed E-state index contributed by atoms with van der Waals surface area (Å²) < 4.78 is 13.5. The van der Waals surface area contributed by atoms with Crippen molar-refractivity contribution in [3.63, 3.8) is 0 Å². The highest BCUT2D eigenvalue weighted by atomic mass is 19.1. The summed E-state index contributed by atoms with van der Waals surface area (Å²) in [4.78, 5) is 34.8. The number of rotatable bonds is 5. The van der Waals surface area contributed by atoms with Crippen LogP contribution < -0.4 is 5.32 Å². The summed E-state index contributed by atoms with van der Waals surface area (Å²) in [6.45, 7) is 2.62. The van der Waals surface area contributed by atoms with E-state index in [1.165, 1.54) is 19.1 Å². The average Bonchev–Trinajstić information content (AvgIpc) is 2.37. The molecule has 7 heteroatoms. The number of halogens is 1. The monoisotopic (exact) mass is 282 g/mol. The molecule has 0 spiro atoms. The molecule has 0 radical (unpaired) electrons. The zero-order chi connectivity index (χ0) is 15.3. The van der Waals surface area contributed by atoms with Crippen molar-refractivity contribution in [2.45, 2.75) is 13.8 Å². The second-order valence-corrected chi connectivity index (χ2v) is 4.09. The van der Waals surface area contributed by atoms with Crippen molar-refractivity contribution >= 4 is 23.5 Å². The molecule has 6 nitrogen and oxygen atoms in total. The van der Waals surface area contributed by atoms with Crippen LogP contribution in [0.15, 0.2) is 18.2 Å². The molecule has 0 aliphatic rings. The molecule has 1 aromatic carbocycles. The lowest BCUT2D eigenvalue weighted by atomic mass is 10.1. The number of likely N-dealkylation sites (N-methyl/N-ethyl adjacent to an activating group) is 1. The summed E-state index contributed by atoms with van der Waals surface area (Å²) in [6, 6.07) is 3.48. The molecule has 2 N–H and O–H groups in total. The number of carbonyl (C=O) groups excluding carboxylic acids is 2. The smallest absolute Gasteiger partial charge is 0.323 e. The molecule has 1 rings (SSSR count). The van der Waals surface area contributed by atoms with Crippen molar-refractivity contribution in [2.75, 3.05) is 18.4 Å². The lowest BCUT2D eigenvalue weighted by Crippen LogP contribution is -2.35. The van der Waals surface area contributed by atoms with Gasteiger partial charge in [-0.05, 0) is 25.1 Å². The van der Waals surface area contributed by atoms with Crippen molar-refractivity contribution in [1.29, 1.82) is 0 Å². The topological polar surface area (TPSA) is 86.7 Å². The van der Waals surface area contributed by atoms with Gasteiger partial charge in [-0.3, -0.25) is 14.4 Å². The predicted octanol–water partition coefficient (Wildman–Crippen LogP) is 1.33. The van der Waals surface area contributed by atoms with E-state index in [0.717, 1.165) is 11.0 Å². The van der Waals surface area contributed by atoms with Gasteiger partial charge in [-0.15, -0.1) is 0 Å². The minimum Gasteiger partial charge on any atom is -0.480 e. The number of benzene rings is 1. The first kappa shape index (κ1) is 15.6. The summed E-state index contributed by atoms with van der Waals surface area (Å²) >= 11 is 0. The maximum Gasteiger partial charge on any atom is 0.323 e. The minimum absolute atomic E-state index is 0.109. The van der Waals surface area contributed by atoms with Crippen molar-refractivity contribution in [1.82, 2.24) is 4.90 Å². The maximum atomic E-state index is 13.5. The van der Waals surface area contributed by atoms with Crippen LogP contribution in [-0.4, -0.2) is 40.9 Å². The lowest BCUT2D eigenvalue weighted by molar-refractivity contribution is -0.137. The van der Waals surface area contributed by atoms with E-state index in [0.29, 0.717) is 0 Å². The van der Waals surface area contributed by atoms with Crippen LogP contribution >= 0.6 is 0 Å². The number of carboxylic acids is 1. The van der Waals surface area contributed by atoms with Crippen molar-refractivity contribution in [3.8, 4) is 0 Å². The van der Waals surface area contributed by atoms with E-state index in [9.17, 15) is 18.8 Å². The molecule has 0 fully saturated rings. The van der Waals surface area contributed by atoms with Gasteiger partial charge in [-0.2, -0.15) is 0 Å². The first-order valence-corrected chi connectivity index (χ1v) is 5.93. The molecule has 0 aliphatic carbocycles. The van der Waals surface area contributed by atoms with Gasteiger partial charge in [-0.1, -0.05) is 0 Å². The largest absolute Gasteiger partial charge is 0.480 e. The molecular formula is C13H15FN2O4. The lowest BCUT2D eigenvalue weighted by Gasteiger charge is -2.19. The SMILES string of the molecule is CCN(CC(=O)O)C(=O)c1ccc(F)c(NC(C)=O)c1. The Morgan fingerprint density at radius 3 is 2.50 bits per heavy atom. The molecule has 0 bridgehead atoms. The number of nitrogens with zero attached hydrogens (tertiary/aromatic N) is 1. The third kappa shape index (κ3) is 4.04. The third-order valence-corrected chi connectivity index (χ3v) is 2.52. The van der Waals surface area contributed by atoms with Gasteiger partial charge in [0.25, 0.3) is 5.91 Å². The third-order valence-electron chi connectivity index (χ3n) is 2.52. The highest BCUT2D eigenvalue weighted by Gasteiger charge is 2.18. The summed E-state index contributed by atoms with van der Waals surface area (Å²) in [7, 11) is 0. The number of aliphatic carboxylic acids is 1. The van der Waals surface area contributed by atoms with Gasteiger partial charge in [0.2, 0.25) is 5.91 Å². The van der Waals surface area contributed by atoms with Gasteiger partial charge < -0.3 is 15.3 Å². The number of carbonyl (C=O) groups is 3. The number of hydrogen-bond acceptors (Lipinski definition) is 3. The number of carboxylic acid groups (broad SMARTS) is 1. The highest BCUT2D eigenvalue weighted by Crippen LogP contribution is 2.17. The van der Waals surface area contributed by atoms with Crippen LogP contribution in [0.4, 0.5) is 10.1 Å². The van der Waals surface area contributed by atoms with Crippen LogP contribution in [0.1, 0.15) is 24.2 Å². The fourth-order valence-electron chi connectivity index (χ4n) is 1.62. The Bertz CT molecular complexity index is 545. The Labute approximate surface area is 115 Å². The summed E-state index contributed by atoms with van der Waals surface area (Å²) in [5.74, 6) is -2.81. The normalized spacial score (nSPS) is 9.95. The van der Waals surface area contributed by atoms with Crippen LogP contribution in [0.2, 0.25) is 0 Å². The quantitative estimate of drug-likeness (QED) is 0.853. The summed E-state index contributed by atoms with van der Waals surface area (Å²) in [5, 5.41) is 11.0. The van der Waals surface area contributed by atoms with Crippen molar-refractivity contribution in [2.24, 2.45) is 0 Å². The van der Waals surface area contributed by atoms with E-state index < -0.39 is 30.1 Å². The van der Waals surface area contributed by atoms with Crippen LogP contribution in [-0.2, 0) is 9.59 Å².